The Balaban J connectivity index is 2.47. The van der Waals surface area contributed by atoms with Crippen molar-refractivity contribution in [3.8, 4) is 0 Å². The number of aliphatic hydroxyl groups excluding tert-OH is 1. The van der Waals surface area contributed by atoms with E-state index in [9.17, 15) is 8.42 Å². The van der Waals surface area contributed by atoms with E-state index in [0.717, 1.165) is 0 Å². The Bertz CT molecular complexity index is 210. The average Bonchev–Trinajstić information content (AvgIpc) is 1.85. The molecule has 2 N–H and O–H groups in total. The van der Waals surface area contributed by atoms with Gasteiger partial charge in [0.2, 0.25) is 0 Å². The van der Waals surface area contributed by atoms with Crippen molar-refractivity contribution in [3.05, 3.63) is 0 Å². The molecule has 1 rings (SSSR count). The predicted molar refractivity (Wildman–Crippen MR) is 42.1 cm³/mol. The van der Waals surface area contributed by atoms with Crippen molar-refractivity contribution in [1.29, 1.82) is 0 Å². The Morgan fingerprint density at radius 2 is 2.27 bits per heavy atom. The summed E-state index contributed by atoms with van der Waals surface area (Å²) in [5, 5.41) is 11.6. The molecular weight excluding hydrogens is 166 g/mol. The summed E-state index contributed by atoms with van der Waals surface area (Å²) in [7, 11) is -2.83. The second-order valence-electron chi connectivity index (χ2n) is 2.78. The zero-order valence-electron chi connectivity index (χ0n) is 6.28. The summed E-state index contributed by atoms with van der Waals surface area (Å²) >= 11 is 0. The number of sulfone groups is 1. The fourth-order valence-electron chi connectivity index (χ4n) is 1.21. The van der Waals surface area contributed by atoms with Gasteiger partial charge < -0.3 is 10.4 Å². The molecule has 1 heterocycles. The molecule has 1 fully saturated rings. The Morgan fingerprint density at radius 1 is 1.55 bits per heavy atom. The zero-order valence-corrected chi connectivity index (χ0v) is 7.10. The molecule has 0 aliphatic carbocycles. The maximum Gasteiger partial charge on any atom is 0.153 e. The quantitative estimate of drug-likeness (QED) is 0.556. The molecule has 0 unspecified atom stereocenters. The van der Waals surface area contributed by atoms with Crippen molar-refractivity contribution in [2.24, 2.45) is 0 Å². The average molecular weight is 179 g/mol. The first-order chi connectivity index (χ1) is 5.14. The first-order valence-corrected chi connectivity index (χ1v) is 5.51. The van der Waals surface area contributed by atoms with Crippen LogP contribution in [0.1, 0.15) is 6.42 Å². The van der Waals surface area contributed by atoms with Crippen LogP contribution in [0.5, 0.6) is 0 Å². The molecule has 11 heavy (non-hydrogen) atoms. The molecular formula is C6H13NO3S. The minimum absolute atomic E-state index is 0.0428. The van der Waals surface area contributed by atoms with Crippen molar-refractivity contribution >= 4 is 9.84 Å². The van der Waals surface area contributed by atoms with Crippen molar-refractivity contribution in [3.63, 3.8) is 0 Å². The molecule has 0 saturated carbocycles. The Hall–Kier alpha value is -0.130. The van der Waals surface area contributed by atoms with E-state index in [0.29, 0.717) is 13.0 Å². The minimum atomic E-state index is -2.83. The highest BCUT2D eigenvalue weighted by Crippen LogP contribution is 2.03. The molecule has 0 aromatic carbocycles. The third-order valence-corrected chi connectivity index (χ3v) is 3.52. The molecule has 1 aliphatic heterocycles. The monoisotopic (exact) mass is 179 g/mol. The Kier molecular flexibility index (Phi) is 2.86. The molecule has 4 nitrogen and oxygen atoms in total. The normalized spacial score (nSPS) is 30.1. The third kappa shape index (κ3) is 2.76. The van der Waals surface area contributed by atoms with E-state index in [-0.39, 0.29) is 24.2 Å². The molecule has 0 aromatic rings. The van der Waals surface area contributed by atoms with Crippen LogP contribution in [0.15, 0.2) is 0 Å². The van der Waals surface area contributed by atoms with Gasteiger partial charge in [-0.15, -0.1) is 0 Å². The lowest BCUT2D eigenvalue weighted by Gasteiger charge is -2.22. The van der Waals surface area contributed by atoms with Crippen molar-refractivity contribution in [2.75, 3.05) is 24.7 Å². The summed E-state index contributed by atoms with van der Waals surface area (Å²) in [5.41, 5.74) is 0. The summed E-state index contributed by atoms with van der Waals surface area (Å²) in [6, 6.07) is -0.0428. The Labute approximate surface area is 66.5 Å². The summed E-state index contributed by atoms with van der Waals surface area (Å²) in [6.45, 7) is 0.570. The summed E-state index contributed by atoms with van der Waals surface area (Å²) < 4.78 is 22.0. The van der Waals surface area contributed by atoms with Crippen LogP contribution >= 0.6 is 0 Å². The summed E-state index contributed by atoms with van der Waals surface area (Å²) in [5.74, 6) is 0.405. The molecule has 0 aromatic heterocycles. The Morgan fingerprint density at radius 3 is 2.82 bits per heavy atom. The van der Waals surface area contributed by atoms with Gasteiger partial charge in [-0.1, -0.05) is 0 Å². The highest BCUT2D eigenvalue weighted by molar-refractivity contribution is 7.91. The van der Waals surface area contributed by atoms with Crippen LogP contribution in [0.4, 0.5) is 0 Å². The summed E-state index contributed by atoms with van der Waals surface area (Å²) in [4.78, 5) is 0. The molecule has 0 amide bonds. The van der Waals surface area contributed by atoms with Gasteiger partial charge in [-0.3, -0.25) is 0 Å². The lowest BCUT2D eigenvalue weighted by molar-refractivity contribution is 0.269. The van der Waals surface area contributed by atoms with E-state index in [4.69, 9.17) is 5.11 Å². The second kappa shape index (κ2) is 3.51. The summed E-state index contributed by atoms with van der Waals surface area (Å²) in [6.07, 6.45) is 0.527. The van der Waals surface area contributed by atoms with E-state index in [1.165, 1.54) is 0 Å². The van der Waals surface area contributed by atoms with Gasteiger partial charge in [-0.25, -0.2) is 8.42 Å². The lowest BCUT2D eigenvalue weighted by Crippen LogP contribution is -2.45. The van der Waals surface area contributed by atoms with E-state index in [1.54, 1.807) is 0 Å². The number of nitrogens with one attached hydrogen (secondary N) is 1. The number of rotatable bonds is 2. The topological polar surface area (TPSA) is 66.4 Å². The standard InChI is InChI=1S/C6H13NO3S/c8-3-1-6-5-11(9,10)4-2-7-6/h6-8H,1-5H2/t6-/m0/s1. The first kappa shape index (κ1) is 8.96. The van der Waals surface area contributed by atoms with Crippen LogP contribution in [0.25, 0.3) is 0 Å². The molecule has 1 saturated heterocycles. The van der Waals surface area contributed by atoms with Crippen LogP contribution in [0.2, 0.25) is 0 Å². The molecule has 5 heteroatoms. The van der Waals surface area contributed by atoms with Gasteiger partial charge in [0.15, 0.2) is 9.84 Å². The third-order valence-electron chi connectivity index (χ3n) is 1.78. The SMILES string of the molecule is O=S1(=O)CCN[C@@H](CCO)C1. The maximum atomic E-state index is 11.0. The highest BCUT2D eigenvalue weighted by atomic mass is 32.2. The number of aliphatic hydroxyl groups is 1. The van der Waals surface area contributed by atoms with Gasteiger partial charge in [0.25, 0.3) is 0 Å². The van der Waals surface area contributed by atoms with Gasteiger partial charge >= 0.3 is 0 Å². The number of hydrogen-bond acceptors (Lipinski definition) is 4. The smallest absolute Gasteiger partial charge is 0.153 e. The van der Waals surface area contributed by atoms with E-state index in [2.05, 4.69) is 5.32 Å². The van der Waals surface area contributed by atoms with Gasteiger partial charge in [0.1, 0.15) is 0 Å². The fraction of sp³-hybridized carbons (Fsp3) is 1.00. The molecule has 66 valence electrons. The van der Waals surface area contributed by atoms with Gasteiger partial charge in [-0.2, -0.15) is 0 Å². The van der Waals surface area contributed by atoms with Gasteiger partial charge in [-0.05, 0) is 6.42 Å². The van der Waals surface area contributed by atoms with Crippen LogP contribution in [0.3, 0.4) is 0 Å². The van der Waals surface area contributed by atoms with Crippen molar-refractivity contribution in [2.45, 2.75) is 12.5 Å². The predicted octanol–water partition coefficient (Wildman–Crippen LogP) is -1.24. The van der Waals surface area contributed by atoms with Gasteiger partial charge in [0.05, 0.1) is 11.5 Å². The van der Waals surface area contributed by atoms with Crippen LogP contribution in [0, 0.1) is 0 Å². The van der Waals surface area contributed by atoms with E-state index < -0.39 is 9.84 Å². The molecule has 1 aliphatic rings. The molecule has 0 bridgehead atoms. The number of hydrogen-bond donors (Lipinski definition) is 2. The van der Waals surface area contributed by atoms with Crippen LogP contribution in [-0.2, 0) is 9.84 Å². The lowest BCUT2D eigenvalue weighted by atomic mass is 10.2. The van der Waals surface area contributed by atoms with Crippen LogP contribution in [-0.4, -0.2) is 44.2 Å². The molecule has 0 radical (unpaired) electrons. The first-order valence-electron chi connectivity index (χ1n) is 3.69. The highest BCUT2D eigenvalue weighted by Gasteiger charge is 2.23. The zero-order chi connectivity index (χ0) is 8.32. The maximum absolute atomic E-state index is 11.0. The fourth-order valence-corrected chi connectivity index (χ4v) is 2.70. The second-order valence-corrected chi connectivity index (χ2v) is 5.01. The van der Waals surface area contributed by atoms with Crippen molar-refractivity contribution < 1.29 is 13.5 Å². The van der Waals surface area contributed by atoms with Gasteiger partial charge in [0, 0.05) is 19.2 Å². The van der Waals surface area contributed by atoms with Crippen molar-refractivity contribution in [1.82, 2.24) is 5.32 Å². The van der Waals surface area contributed by atoms with Crippen LogP contribution < -0.4 is 5.32 Å². The van der Waals surface area contributed by atoms with E-state index >= 15 is 0 Å². The molecule has 1 atom stereocenters. The van der Waals surface area contributed by atoms with E-state index in [1.807, 2.05) is 0 Å². The largest absolute Gasteiger partial charge is 0.396 e. The molecule has 0 spiro atoms. The minimum Gasteiger partial charge on any atom is -0.396 e.